The summed E-state index contributed by atoms with van der Waals surface area (Å²) >= 11 is 5.84. The van der Waals surface area contributed by atoms with E-state index in [1.165, 1.54) is 5.56 Å². The number of benzene rings is 2. The molecule has 0 aliphatic carbocycles. The number of carboxylic acids is 1. The van der Waals surface area contributed by atoms with Crippen LogP contribution in [0.3, 0.4) is 0 Å². The van der Waals surface area contributed by atoms with Crippen molar-refractivity contribution in [1.29, 1.82) is 0 Å². The first kappa shape index (κ1) is 17.4. The number of hydrogen-bond donors (Lipinski definition) is 1. The number of aliphatic carboxylic acids is 1. The highest BCUT2D eigenvalue weighted by molar-refractivity contribution is 6.30. The van der Waals surface area contributed by atoms with E-state index < -0.39 is 12.1 Å². The van der Waals surface area contributed by atoms with E-state index in [2.05, 4.69) is 20.8 Å². The molecule has 0 heterocycles. The molecule has 0 amide bonds. The molecule has 0 unspecified atom stereocenters. The van der Waals surface area contributed by atoms with Gasteiger partial charge in [-0.3, -0.25) is 0 Å². The van der Waals surface area contributed by atoms with E-state index >= 15 is 0 Å². The molecular weight excluding hydrogens is 312 g/mol. The van der Waals surface area contributed by atoms with Crippen LogP contribution in [0.1, 0.15) is 31.9 Å². The first-order valence-corrected chi connectivity index (χ1v) is 7.88. The van der Waals surface area contributed by atoms with Crippen molar-refractivity contribution in [1.82, 2.24) is 0 Å². The van der Waals surface area contributed by atoms with Crippen LogP contribution in [0.25, 0.3) is 0 Å². The minimum absolute atomic E-state index is 0.0496. The molecule has 2 aromatic rings. The maximum atomic E-state index is 11.5. The predicted molar refractivity (Wildman–Crippen MR) is 92.3 cm³/mol. The zero-order valence-electron chi connectivity index (χ0n) is 13.5. The van der Waals surface area contributed by atoms with Crippen molar-refractivity contribution in [3.8, 4) is 5.75 Å². The van der Waals surface area contributed by atoms with Crippen LogP contribution in [0.5, 0.6) is 5.75 Å². The molecule has 0 aromatic heterocycles. The zero-order valence-corrected chi connectivity index (χ0v) is 14.3. The van der Waals surface area contributed by atoms with Gasteiger partial charge >= 0.3 is 5.97 Å². The second-order valence-corrected chi connectivity index (χ2v) is 6.99. The van der Waals surface area contributed by atoms with Gasteiger partial charge < -0.3 is 9.84 Å². The maximum absolute atomic E-state index is 11.5. The van der Waals surface area contributed by atoms with E-state index in [1.807, 2.05) is 36.4 Å². The van der Waals surface area contributed by atoms with Gasteiger partial charge in [-0.2, -0.15) is 0 Å². The van der Waals surface area contributed by atoms with Crippen LogP contribution < -0.4 is 4.74 Å². The number of halogens is 1. The second-order valence-electron chi connectivity index (χ2n) is 6.55. The van der Waals surface area contributed by atoms with Gasteiger partial charge in [0.1, 0.15) is 5.75 Å². The van der Waals surface area contributed by atoms with Gasteiger partial charge in [0.05, 0.1) is 0 Å². The number of ether oxygens (including phenoxy) is 1. The fourth-order valence-electron chi connectivity index (χ4n) is 2.21. The van der Waals surface area contributed by atoms with Crippen LogP contribution in [0, 0.1) is 0 Å². The topological polar surface area (TPSA) is 46.5 Å². The Balaban J connectivity index is 2.10. The summed E-state index contributed by atoms with van der Waals surface area (Å²) < 4.78 is 5.65. The second kappa shape index (κ2) is 7.05. The molecule has 0 aliphatic heterocycles. The fraction of sp³-hybridized carbons (Fsp3) is 0.316. The molecule has 4 heteroatoms. The van der Waals surface area contributed by atoms with Crippen LogP contribution in [0.4, 0.5) is 0 Å². The fourth-order valence-corrected chi connectivity index (χ4v) is 2.34. The molecule has 2 rings (SSSR count). The lowest BCUT2D eigenvalue weighted by atomic mass is 9.87. The van der Waals surface area contributed by atoms with Crippen molar-refractivity contribution in [2.75, 3.05) is 0 Å². The maximum Gasteiger partial charge on any atom is 0.345 e. The van der Waals surface area contributed by atoms with E-state index in [-0.39, 0.29) is 11.8 Å². The molecule has 0 saturated carbocycles. The van der Waals surface area contributed by atoms with Gasteiger partial charge in [0.25, 0.3) is 0 Å². The summed E-state index contributed by atoms with van der Waals surface area (Å²) in [5, 5.41) is 10.0. The highest BCUT2D eigenvalue weighted by Gasteiger charge is 2.20. The van der Waals surface area contributed by atoms with Crippen molar-refractivity contribution in [3.63, 3.8) is 0 Å². The normalized spacial score (nSPS) is 12.7. The van der Waals surface area contributed by atoms with Crippen molar-refractivity contribution in [2.24, 2.45) is 0 Å². The molecule has 0 bridgehead atoms. The van der Waals surface area contributed by atoms with Crippen LogP contribution in [0.15, 0.2) is 48.5 Å². The Hall–Kier alpha value is -2.00. The summed E-state index contributed by atoms with van der Waals surface area (Å²) in [4.78, 5) is 11.5. The van der Waals surface area contributed by atoms with Crippen molar-refractivity contribution in [3.05, 3.63) is 64.7 Å². The quantitative estimate of drug-likeness (QED) is 0.862. The largest absolute Gasteiger partial charge is 0.478 e. The van der Waals surface area contributed by atoms with E-state index in [0.717, 1.165) is 5.56 Å². The number of carboxylic acid groups (broad SMARTS) is 1. The average Bonchev–Trinajstić information content (AvgIpc) is 2.48. The van der Waals surface area contributed by atoms with Crippen molar-refractivity contribution in [2.45, 2.75) is 38.7 Å². The van der Waals surface area contributed by atoms with Gasteiger partial charge in [-0.25, -0.2) is 4.79 Å². The Morgan fingerprint density at radius 2 is 1.65 bits per heavy atom. The van der Waals surface area contributed by atoms with E-state index in [4.69, 9.17) is 16.3 Å². The molecule has 1 N–H and O–H groups in total. The Labute approximate surface area is 141 Å². The lowest BCUT2D eigenvalue weighted by molar-refractivity contribution is -0.145. The highest BCUT2D eigenvalue weighted by atomic mass is 35.5. The summed E-state index contributed by atoms with van der Waals surface area (Å²) in [6.07, 6.45) is -0.648. The molecular formula is C19H21ClO3. The van der Waals surface area contributed by atoms with Crippen LogP contribution >= 0.6 is 11.6 Å². The van der Waals surface area contributed by atoms with Gasteiger partial charge in [0, 0.05) is 11.4 Å². The Bertz CT molecular complexity index is 655. The first-order valence-electron chi connectivity index (χ1n) is 7.50. The lowest BCUT2D eigenvalue weighted by Gasteiger charge is -2.20. The number of carbonyl (C=O) groups is 1. The minimum atomic E-state index is -0.986. The highest BCUT2D eigenvalue weighted by Crippen LogP contribution is 2.25. The monoisotopic (exact) mass is 332 g/mol. The van der Waals surface area contributed by atoms with Crippen LogP contribution in [0.2, 0.25) is 5.02 Å². The molecule has 0 spiro atoms. The molecule has 0 fully saturated rings. The molecule has 0 radical (unpaired) electrons. The predicted octanol–water partition coefficient (Wildman–Crippen LogP) is 4.71. The van der Waals surface area contributed by atoms with Crippen molar-refractivity contribution < 1.29 is 14.6 Å². The standard InChI is InChI=1S/C19H21ClO3/c1-19(2,3)14-6-10-16(11-7-14)23-17(18(21)22)12-13-4-8-15(20)9-5-13/h4-11,17H,12H2,1-3H3,(H,21,22)/t17-/m1/s1. The molecule has 23 heavy (non-hydrogen) atoms. The van der Waals surface area contributed by atoms with Crippen LogP contribution in [-0.2, 0) is 16.6 Å². The Morgan fingerprint density at radius 1 is 1.09 bits per heavy atom. The van der Waals surface area contributed by atoms with E-state index in [0.29, 0.717) is 10.8 Å². The Morgan fingerprint density at radius 3 is 2.13 bits per heavy atom. The molecule has 0 aliphatic rings. The van der Waals surface area contributed by atoms with Gasteiger partial charge in [-0.1, -0.05) is 56.6 Å². The smallest absolute Gasteiger partial charge is 0.345 e. The summed E-state index contributed by atoms with van der Waals surface area (Å²) in [6, 6.07) is 14.7. The number of hydrogen-bond acceptors (Lipinski definition) is 2. The average molecular weight is 333 g/mol. The third-order valence-electron chi connectivity index (χ3n) is 3.61. The van der Waals surface area contributed by atoms with Crippen LogP contribution in [-0.4, -0.2) is 17.2 Å². The molecule has 1 atom stereocenters. The summed E-state index contributed by atoms with van der Waals surface area (Å²) in [5.41, 5.74) is 2.09. The summed E-state index contributed by atoms with van der Waals surface area (Å²) in [5.74, 6) is -0.431. The summed E-state index contributed by atoms with van der Waals surface area (Å²) in [6.45, 7) is 6.39. The third-order valence-corrected chi connectivity index (χ3v) is 3.86. The van der Waals surface area contributed by atoms with E-state index in [1.54, 1.807) is 12.1 Å². The molecule has 122 valence electrons. The summed E-state index contributed by atoms with van der Waals surface area (Å²) in [7, 11) is 0. The molecule has 2 aromatic carbocycles. The third kappa shape index (κ3) is 5.00. The molecule has 3 nitrogen and oxygen atoms in total. The molecule has 0 saturated heterocycles. The van der Waals surface area contributed by atoms with Gasteiger partial charge in [-0.15, -0.1) is 0 Å². The van der Waals surface area contributed by atoms with E-state index in [9.17, 15) is 9.90 Å². The lowest BCUT2D eigenvalue weighted by Crippen LogP contribution is -2.29. The minimum Gasteiger partial charge on any atom is -0.478 e. The Kier molecular flexibility index (Phi) is 5.32. The first-order chi connectivity index (χ1) is 10.8. The zero-order chi connectivity index (χ0) is 17.0. The SMILES string of the molecule is CC(C)(C)c1ccc(O[C@H](Cc2ccc(Cl)cc2)C(=O)O)cc1. The van der Waals surface area contributed by atoms with Gasteiger partial charge in [-0.05, 0) is 40.8 Å². The van der Waals surface area contributed by atoms with Crippen molar-refractivity contribution >= 4 is 17.6 Å². The van der Waals surface area contributed by atoms with Gasteiger partial charge in [0.15, 0.2) is 6.10 Å². The van der Waals surface area contributed by atoms with Gasteiger partial charge in [0.2, 0.25) is 0 Å². The number of rotatable bonds is 5.